The van der Waals surface area contributed by atoms with E-state index in [1.165, 1.54) is 5.69 Å². The first-order valence-corrected chi connectivity index (χ1v) is 12.1. The van der Waals surface area contributed by atoms with Crippen LogP contribution in [0.25, 0.3) is 33.3 Å². The summed E-state index contributed by atoms with van der Waals surface area (Å²) in [5, 5.41) is 13.7. The van der Waals surface area contributed by atoms with Gasteiger partial charge in [-0.05, 0) is 65.9 Å². The van der Waals surface area contributed by atoms with E-state index < -0.39 is 0 Å². The van der Waals surface area contributed by atoms with Gasteiger partial charge in [-0.3, -0.25) is 4.79 Å². The molecule has 4 aromatic rings. The van der Waals surface area contributed by atoms with Crippen molar-refractivity contribution in [3.8, 4) is 28.5 Å². The minimum atomic E-state index is 0.00580. The summed E-state index contributed by atoms with van der Waals surface area (Å²) < 4.78 is 5.46. The van der Waals surface area contributed by atoms with Gasteiger partial charge in [-0.1, -0.05) is 30.3 Å². The van der Waals surface area contributed by atoms with Gasteiger partial charge in [-0.2, -0.15) is 5.26 Å². The lowest BCUT2D eigenvalue weighted by Gasteiger charge is -2.28. The summed E-state index contributed by atoms with van der Waals surface area (Å²) in [5.41, 5.74) is 7.48. The molecule has 2 aliphatic rings. The highest BCUT2D eigenvalue weighted by Gasteiger charge is 2.30. The van der Waals surface area contributed by atoms with Crippen LogP contribution in [0, 0.1) is 17.2 Å². The van der Waals surface area contributed by atoms with Crippen molar-refractivity contribution >= 4 is 28.2 Å². The molecule has 1 saturated heterocycles. The number of aromatic amines is 1. The molecule has 35 heavy (non-hydrogen) atoms. The number of nitriles is 1. The lowest BCUT2D eigenvalue weighted by Crippen LogP contribution is -2.36. The molecule has 1 saturated carbocycles. The second-order valence-electron chi connectivity index (χ2n) is 9.23. The molecule has 6 heteroatoms. The second-order valence-corrected chi connectivity index (χ2v) is 9.23. The molecule has 2 fully saturated rings. The minimum Gasteiger partial charge on any atom is -0.378 e. The summed E-state index contributed by atoms with van der Waals surface area (Å²) in [6.07, 6.45) is 1.86. The number of hydrogen-bond donors (Lipinski definition) is 2. The third-order valence-corrected chi connectivity index (χ3v) is 6.88. The zero-order chi connectivity index (χ0) is 23.8. The molecule has 1 aromatic heterocycles. The van der Waals surface area contributed by atoms with Crippen LogP contribution in [0.3, 0.4) is 0 Å². The normalized spacial score (nSPS) is 15.7. The Balaban J connectivity index is 1.31. The molecule has 2 heterocycles. The van der Waals surface area contributed by atoms with Crippen LogP contribution in [0.5, 0.6) is 0 Å². The van der Waals surface area contributed by atoms with Gasteiger partial charge in [-0.15, -0.1) is 0 Å². The highest BCUT2D eigenvalue weighted by molar-refractivity contribution is 6.00. The SMILES string of the molecule is N#Cc1cc(-c2cccc3[nH]c(-c4ccc(N5CCOCC5)cc4)cc23)ccc1NC(=O)C1CC1. The van der Waals surface area contributed by atoms with Crippen molar-refractivity contribution in [2.24, 2.45) is 5.92 Å². The molecule has 6 rings (SSSR count). The monoisotopic (exact) mass is 462 g/mol. The fourth-order valence-electron chi connectivity index (χ4n) is 4.73. The van der Waals surface area contributed by atoms with E-state index in [0.29, 0.717) is 11.3 Å². The Morgan fingerprint density at radius 3 is 2.51 bits per heavy atom. The number of carbonyl (C=O) groups excluding carboxylic acids is 1. The van der Waals surface area contributed by atoms with Crippen molar-refractivity contribution < 1.29 is 9.53 Å². The number of amides is 1. The molecular weight excluding hydrogens is 436 g/mol. The first kappa shape index (κ1) is 21.5. The van der Waals surface area contributed by atoms with Crippen LogP contribution in [-0.4, -0.2) is 37.2 Å². The summed E-state index contributed by atoms with van der Waals surface area (Å²) in [6.45, 7) is 3.38. The van der Waals surface area contributed by atoms with E-state index in [-0.39, 0.29) is 11.8 Å². The molecule has 1 aliphatic carbocycles. The number of carbonyl (C=O) groups is 1. The molecule has 2 N–H and O–H groups in total. The average molecular weight is 463 g/mol. The van der Waals surface area contributed by atoms with Gasteiger partial charge in [0.05, 0.1) is 24.5 Å². The molecule has 0 bridgehead atoms. The molecule has 174 valence electrons. The Morgan fingerprint density at radius 2 is 1.77 bits per heavy atom. The standard InChI is InChI=1S/C29H26N4O2/c30-18-22-16-21(8-11-26(22)32-29(34)20-4-5-20)24-2-1-3-27-25(24)17-28(31-27)19-6-9-23(10-7-19)33-12-14-35-15-13-33/h1-3,6-11,16-17,20,31H,4-5,12-15H2,(H,32,34). The van der Waals surface area contributed by atoms with Crippen molar-refractivity contribution in [1.82, 2.24) is 4.98 Å². The minimum absolute atomic E-state index is 0.00580. The molecule has 0 spiro atoms. The lowest BCUT2D eigenvalue weighted by molar-refractivity contribution is -0.117. The Labute approximate surface area is 204 Å². The predicted octanol–water partition coefficient (Wildman–Crippen LogP) is 5.56. The van der Waals surface area contributed by atoms with Crippen LogP contribution in [0.2, 0.25) is 0 Å². The summed E-state index contributed by atoms with van der Waals surface area (Å²) in [5.74, 6) is 0.0995. The molecular formula is C29H26N4O2. The van der Waals surface area contributed by atoms with Gasteiger partial charge in [0.2, 0.25) is 5.91 Å². The van der Waals surface area contributed by atoms with Gasteiger partial charge < -0.3 is 19.9 Å². The number of fused-ring (bicyclic) bond motifs is 1. The summed E-state index contributed by atoms with van der Waals surface area (Å²) in [6, 6.07) is 24.9. The van der Waals surface area contributed by atoms with E-state index in [4.69, 9.17) is 4.74 Å². The van der Waals surface area contributed by atoms with E-state index in [0.717, 1.165) is 72.4 Å². The second kappa shape index (κ2) is 8.94. The summed E-state index contributed by atoms with van der Waals surface area (Å²) in [4.78, 5) is 18.1. The van der Waals surface area contributed by atoms with Crippen LogP contribution in [-0.2, 0) is 9.53 Å². The number of morpholine rings is 1. The number of H-pyrrole nitrogens is 1. The molecule has 0 unspecified atom stereocenters. The molecule has 6 nitrogen and oxygen atoms in total. The zero-order valence-corrected chi connectivity index (χ0v) is 19.4. The van der Waals surface area contributed by atoms with E-state index in [1.54, 1.807) is 0 Å². The molecule has 0 radical (unpaired) electrons. The zero-order valence-electron chi connectivity index (χ0n) is 19.4. The van der Waals surface area contributed by atoms with Gasteiger partial charge in [-0.25, -0.2) is 0 Å². The largest absolute Gasteiger partial charge is 0.378 e. The van der Waals surface area contributed by atoms with E-state index in [2.05, 4.69) is 63.7 Å². The molecule has 0 atom stereocenters. The lowest BCUT2D eigenvalue weighted by atomic mass is 9.98. The third-order valence-electron chi connectivity index (χ3n) is 6.88. The van der Waals surface area contributed by atoms with E-state index in [9.17, 15) is 10.1 Å². The van der Waals surface area contributed by atoms with E-state index >= 15 is 0 Å². The van der Waals surface area contributed by atoms with Crippen molar-refractivity contribution in [2.45, 2.75) is 12.8 Å². The molecule has 1 amide bonds. The van der Waals surface area contributed by atoms with Crippen LogP contribution in [0.4, 0.5) is 11.4 Å². The number of rotatable bonds is 5. The van der Waals surface area contributed by atoms with Crippen LogP contribution in [0.15, 0.2) is 66.7 Å². The number of hydrogen-bond acceptors (Lipinski definition) is 4. The fourth-order valence-corrected chi connectivity index (χ4v) is 4.73. The maximum Gasteiger partial charge on any atom is 0.227 e. The first-order valence-electron chi connectivity index (χ1n) is 12.1. The highest BCUT2D eigenvalue weighted by atomic mass is 16.5. The van der Waals surface area contributed by atoms with Gasteiger partial charge >= 0.3 is 0 Å². The topological polar surface area (TPSA) is 81.2 Å². The van der Waals surface area contributed by atoms with Gasteiger partial charge in [0.25, 0.3) is 0 Å². The maximum absolute atomic E-state index is 12.2. The Morgan fingerprint density at radius 1 is 1.00 bits per heavy atom. The van der Waals surface area contributed by atoms with Crippen molar-refractivity contribution in [3.63, 3.8) is 0 Å². The van der Waals surface area contributed by atoms with Crippen molar-refractivity contribution in [1.29, 1.82) is 5.26 Å². The maximum atomic E-state index is 12.2. The third kappa shape index (κ3) is 4.27. The van der Waals surface area contributed by atoms with Gasteiger partial charge in [0.15, 0.2) is 0 Å². The summed E-state index contributed by atoms with van der Waals surface area (Å²) in [7, 11) is 0. The van der Waals surface area contributed by atoms with Crippen LogP contribution >= 0.6 is 0 Å². The number of benzene rings is 3. The predicted molar refractivity (Wildman–Crippen MR) is 138 cm³/mol. The van der Waals surface area contributed by atoms with Crippen LogP contribution in [0.1, 0.15) is 18.4 Å². The van der Waals surface area contributed by atoms with Crippen molar-refractivity contribution in [3.05, 3.63) is 72.3 Å². The van der Waals surface area contributed by atoms with Gasteiger partial charge in [0, 0.05) is 41.3 Å². The quantitative estimate of drug-likeness (QED) is 0.407. The Hall–Kier alpha value is -4.08. The summed E-state index contributed by atoms with van der Waals surface area (Å²) >= 11 is 0. The molecule has 3 aromatic carbocycles. The van der Waals surface area contributed by atoms with Crippen LogP contribution < -0.4 is 10.2 Å². The fraction of sp³-hybridized carbons (Fsp3) is 0.241. The number of anilines is 2. The Kier molecular flexibility index (Phi) is 5.48. The number of aromatic nitrogens is 1. The smallest absolute Gasteiger partial charge is 0.227 e. The number of nitrogens with zero attached hydrogens (tertiary/aromatic N) is 2. The van der Waals surface area contributed by atoms with Crippen molar-refractivity contribution in [2.75, 3.05) is 36.5 Å². The van der Waals surface area contributed by atoms with Gasteiger partial charge in [0.1, 0.15) is 6.07 Å². The highest BCUT2D eigenvalue weighted by Crippen LogP contribution is 2.35. The molecule has 1 aliphatic heterocycles. The first-order chi connectivity index (χ1) is 17.2. The Bertz CT molecular complexity index is 1440. The average Bonchev–Trinajstić information content (AvgIpc) is 3.68. The van der Waals surface area contributed by atoms with E-state index in [1.807, 2.05) is 24.3 Å². The number of nitrogens with one attached hydrogen (secondary N) is 2. The number of ether oxygens (including phenoxy) is 1.